The van der Waals surface area contributed by atoms with Crippen LogP contribution in [0.2, 0.25) is 0 Å². The molecule has 4 N–H and O–H groups in total. The van der Waals surface area contributed by atoms with Crippen LogP contribution in [0.4, 0.5) is 36.2 Å². The van der Waals surface area contributed by atoms with E-state index >= 15 is 8.78 Å². The number of nitrogens with one attached hydrogen (secondary N) is 4. The zero-order valence-corrected chi connectivity index (χ0v) is 33.1. The van der Waals surface area contributed by atoms with Gasteiger partial charge in [-0.25, -0.2) is 23.1 Å². The van der Waals surface area contributed by atoms with Crippen molar-refractivity contribution in [2.75, 3.05) is 53.2 Å². The second kappa shape index (κ2) is 17.9. The lowest BCUT2D eigenvalue weighted by molar-refractivity contribution is -0.133. The molecule has 13 nitrogen and oxygen atoms in total. The summed E-state index contributed by atoms with van der Waals surface area (Å²) in [6, 6.07) is 11.0. The van der Waals surface area contributed by atoms with E-state index in [1.165, 1.54) is 12.3 Å². The van der Waals surface area contributed by atoms with E-state index in [0.717, 1.165) is 44.2 Å². The zero-order chi connectivity index (χ0) is 41.0. The summed E-state index contributed by atoms with van der Waals surface area (Å²) in [6.45, 7) is 2.55. The van der Waals surface area contributed by atoms with Gasteiger partial charge in [-0.3, -0.25) is 29.4 Å². The topological polar surface area (TPSA) is 152 Å². The molecule has 1 aromatic heterocycles. The first-order valence-corrected chi connectivity index (χ1v) is 21.1. The number of likely N-dealkylation sites (tertiary alicyclic amines) is 1. The molecule has 3 aromatic rings. The van der Waals surface area contributed by atoms with Crippen molar-refractivity contribution < 1.29 is 32.3 Å². The summed E-state index contributed by atoms with van der Waals surface area (Å²) in [6.07, 6.45) is 7.74. The van der Waals surface area contributed by atoms with Crippen LogP contribution in [0.1, 0.15) is 77.0 Å². The maximum atomic E-state index is 15.7. The van der Waals surface area contributed by atoms with Crippen molar-refractivity contribution in [1.29, 1.82) is 0 Å². The third-order valence-corrected chi connectivity index (χ3v) is 12.7. The molecule has 1 saturated carbocycles. The Hall–Kier alpha value is -5.25. The van der Waals surface area contributed by atoms with E-state index in [1.54, 1.807) is 34.1 Å². The van der Waals surface area contributed by atoms with Crippen LogP contribution >= 0.6 is 0 Å². The molecule has 0 radical (unpaired) electrons. The highest BCUT2D eigenvalue weighted by atomic mass is 19.1. The lowest BCUT2D eigenvalue weighted by Crippen LogP contribution is -2.56. The Morgan fingerprint density at radius 1 is 0.814 bits per heavy atom. The van der Waals surface area contributed by atoms with Gasteiger partial charge in [0.15, 0.2) is 5.82 Å². The summed E-state index contributed by atoms with van der Waals surface area (Å²) >= 11 is 0. The Labute approximate surface area is 341 Å². The van der Waals surface area contributed by atoms with Gasteiger partial charge in [0.25, 0.3) is 0 Å². The van der Waals surface area contributed by atoms with Gasteiger partial charge in [-0.15, -0.1) is 0 Å². The van der Waals surface area contributed by atoms with E-state index in [4.69, 9.17) is 0 Å². The van der Waals surface area contributed by atoms with Crippen LogP contribution in [0.5, 0.6) is 0 Å². The van der Waals surface area contributed by atoms with Crippen LogP contribution in [0, 0.1) is 17.6 Å². The first kappa shape index (κ1) is 40.5. The number of rotatable bonds is 10. The van der Waals surface area contributed by atoms with E-state index in [0.29, 0.717) is 81.2 Å². The first-order chi connectivity index (χ1) is 28.6. The zero-order valence-electron chi connectivity index (χ0n) is 33.1. The van der Waals surface area contributed by atoms with Gasteiger partial charge in [0.05, 0.1) is 18.4 Å². The molecular formula is C43H52F3N9O4. The normalized spacial score (nSPS) is 26.0. The lowest BCUT2D eigenvalue weighted by Gasteiger charge is -2.44. The number of carbonyl (C=O) groups excluding carboxylic acids is 4. The van der Waals surface area contributed by atoms with Gasteiger partial charge in [0.1, 0.15) is 23.7 Å². The minimum absolute atomic E-state index is 0.0201. The van der Waals surface area contributed by atoms with Gasteiger partial charge in [-0.05, 0) is 94.5 Å². The summed E-state index contributed by atoms with van der Waals surface area (Å²) in [4.78, 5) is 63.7. The minimum Gasteiger partial charge on any atom is -0.374 e. The molecule has 5 heterocycles. The molecule has 8 rings (SSSR count). The largest absolute Gasteiger partial charge is 0.374 e. The van der Waals surface area contributed by atoms with Gasteiger partial charge < -0.3 is 25.8 Å². The molecule has 4 aliphatic heterocycles. The molecule has 1 aliphatic carbocycles. The van der Waals surface area contributed by atoms with Crippen LogP contribution < -0.4 is 31.1 Å². The molecule has 5 aliphatic rings. The number of aromatic nitrogens is 2. The fourth-order valence-electron chi connectivity index (χ4n) is 9.32. The number of amides is 4. The fraction of sp³-hybridized carbons (Fsp3) is 0.535. The highest BCUT2D eigenvalue weighted by Crippen LogP contribution is 2.33. The Balaban J connectivity index is 0.766. The molecular weight excluding hydrogens is 764 g/mol. The standard InChI is InChI=1S/C43H52F3N9O4/c44-32-23-30(48-35-12-14-38(56)51-42(35)59)11-13-36(32)54-21-17-37(34(46)25-54)53-19-15-29(16-20-53)49-41(58)26-7-9-28(10-8-26)50-43-47-24-33(45)40(52-43)27-4-3-5-31(22-27)55-18-2-1-6-39(55)57/h3-5,11,13,22-24,26,28-29,34-35,37,48H,1-2,6-10,12,14-21,25H2,(H,49,58)(H,47,50,52)(H,51,56,59)/t26-,28-,34?,35?,37?. The number of carbonyl (C=O) groups is 4. The van der Waals surface area contributed by atoms with E-state index in [9.17, 15) is 23.6 Å². The smallest absolute Gasteiger partial charge is 0.249 e. The van der Waals surface area contributed by atoms with Crippen molar-refractivity contribution in [1.82, 2.24) is 25.5 Å². The van der Waals surface area contributed by atoms with Crippen LogP contribution in [-0.4, -0.2) is 102 Å². The Morgan fingerprint density at radius 3 is 2.37 bits per heavy atom. The van der Waals surface area contributed by atoms with Crippen LogP contribution in [-0.2, 0) is 19.2 Å². The number of piperidine rings is 4. The molecule has 2 aromatic carbocycles. The van der Waals surface area contributed by atoms with Crippen molar-refractivity contribution in [2.45, 2.75) is 107 Å². The maximum absolute atomic E-state index is 15.7. The second-order valence-electron chi connectivity index (χ2n) is 16.6. The Kier molecular flexibility index (Phi) is 12.3. The number of hydrogen-bond acceptors (Lipinski definition) is 10. The van der Waals surface area contributed by atoms with E-state index < -0.39 is 29.8 Å². The average Bonchev–Trinajstić information content (AvgIpc) is 3.23. The second-order valence-corrected chi connectivity index (χ2v) is 16.6. The van der Waals surface area contributed by atoms with E-state index in [2.05, 4.69) is 36.1 Å². The third-order valence-electron chi connectivity index (χ3n) is 12.7. The fourth-order valence-corrected chi connectivity index (χ4v) is 9.32. The molecule has 59 heavy (non-hydrogen) atoms. The van der Waals surface area contributed by atoms with Crippen molar-refractivity contribution >= 4 is 46.6 Å². The molecule has 4 amide bonds. The number of imide groups is 1. The van der Waals surface area contributed by atoms with Gasteiger partial charge in [0, 0.05) is 80.0 Å². The Bertz CT molecular complexity index is 2040. The Morgan fingerprint density at radius 2 is 1.63 bits per heavy atom. The summed E-state index contributed by atoms with van der Waals surface area (Å²) in [7, 11) is 0. The van der Waals surface area contributed by atoms with Gasteiger partial charge >= 0.3 is 0 Å². The van der Waals surface area contributed by atoms with Crippen LogP contribution in [0.25, 0.3) is 11.3 Å². The number of hydrogen-bond donors (Lipinski definition) is 4. The highest BCUT2D eigenvalue weighted by molar-refractivity contribution is 6.01. The first-order valence-electron chi connectivity index (χ1n) is 21.1. The molecule has 5 fully saturated rings. The summed E-state index contributed by atoms with van der Waals surface area (Å²) in [5.74, 6) is -1.48. The third kappa shape index (κ3) is 9.47. The average molecular weight is 816 g/mol. The van der Waals surface area contributed by atoms with Gasteiger partial charge in [-0.2, -0.15) is 0 Å². The molecule has 0 bridgehead atoms. The number of halogens is 3. The molecule has 4 saturated heterocycles. The highest BCUT2D eigenvalue weighted by Gasteiger charge is 2.37. The molecule has 3 atom stereocenters. The molecule has 314 valence electrons. The number of benzene rings is 2. The summed E-state index contributed by atoms with van der Waals surface area (Å²) < 4.78 is 45.9. The van der Waals surface area contributed by atoms with E-state index in [1.807, 2.05) is 12.1 Å². The molecule has 16 heteroatoms. The van der Waals surface area contributed by atoms with Gasteiger partial charge in [-0.1, -0.05) is 12.1 Å². The monoisotopic (exact) mass is 815 g/mol. The maximum Gasteiger partial charge on any atom is 0.249 e. The summed E-state index contributed by atoms with van der Waals surface area (Å²) in [5, 5.41) is 11.9. The van der Waals surface area contributed by atoms with Crippen molar-refractivity contribution in [3.05, 3.63) is 60.3 Å². The van der Waals surface area contributed by atoms with Gasteiger partial charge in [0.2, 0.25) is 29.6 Å². The number of alkyl halides is 1. The quantitative estimate of drug-likeness (QED) is 0.198. The van der Waals surface area contributed by atoms with E-state index in [-0.39, 0.29) is 60.4 Å². The molecule has 0 spiro atoms. The molecule has 3 unspecified atom stereocenters. The van der Waals surface area contributed by atoms with Crippen LogP contribution in [0.3, 0.4) is 0 Å². The SMILES string of the molecule is O=C1CCC(Nc2ccc(N3CCC(N4CCC(NC(=O)[C@H]5CC[C@H](Nc6ncc(F)c(-c7cccc(N8CCCCC8=O)c7)n6)CC5)CC4)C(F)C3)c(F)c2)C(=O)N1. The van der Waals surface area contributed by atoms with Crippen LogP contribution in [0.15, 0.2) is 48.7 Å². The summed E-state index contributed by atoms with van der Waals surface area (Å²) in [5.41, 5.74) is 2.21. The minimum atomic E-state index is -1.17. The lowest BCUT2D eigenvalue weighted by atomic mass is 9.85. The number of nitrogens with zero attached hydrogens (tertiary/aromatic N) is 5. The van der Waals surface area contributed by atoms with Crippen molar-refractivity contribution in [3.8, 4) is 11.3 Å². The number of anilines is 4. The predicted molar refractivity (Wildman–Crippen MR) is 217 cm³/mol. The van der Waals surface area contributed by atoms with Crippen molar-refractivity contribution in [3.63, 3.8) is 0 Å². The van der Waals surface area contributed by atoms with Crippen molar-refractivity contribution in [2.24, 2.45) is 5.92 Å². The predicted octanol–water partition coefficient (Wildman–Crippen LogP) is 5.32.